The van der Waals surface area contributed by atoms with Crippen LogP contribution in [0.25, 0.3) is 0 Å². The molecule has 18 heavy (non-hydrogen) atoms. The fraction of sp³-hybridized carbons (Fsp3) is 0.200. The maximum Gasteiger partial charge on any atom is 0.215 e. The summed E-state index contributed by atoms with van der Waals surface area (Å²) in [5.74, 6) is 0.435. The minimum absolute atomic E-state index is 0.229. The van der Waals surface area contributed by atoms with Crippen LogP contribution in [0, 0.1) is 0 Å². The molecule has 0 atom stereocenters. The van der Waals surface area contributed by atoms with Crippen molar-refractivity contribution in [3.63, 3.8) is 0 Å². The van der Waals surface area contributed by atoms with Crippen molar-refractivity contribution in [3.8, 4) is 0 Å². The molecule has 2 aromatic carbocycles. The van der Waals surface area contributed by atoms with Gasteiger partial charge in [-0.05, 0) is 12.1 Å². The van der Waals surface area contributed by atoms with Crippen LogP contribution >= 0.6 is 23.2 Å². The van der Waals surface area contributed by atoms with Gasteiger partial charge in [0.2, 0.25) is 6.71 Å². The van der Waals surface area contributed by atoms with E-state index in [2.05, 4.69) is 26.0 Å². The second kappa shape index (κ2) is 5.82. The highest BCUT2D eigenvalue weighted by atomic mass is 35.5. The molecule has 0 aliphatic rings. The van der Waals surface area contributed by atoms with Crippen molar-refractivity contribution in [1.82, 2.24) is 0 Å². The predicted octanol–water partition coefficient (Wildman–Crippen LogP) is 4.01. The Kier molecular flexibility index (Phi) is 4.37. The normalized spacial score (nSPS) is 10.7. The highest BCUT2D eigenvalue weighted by molar-refractivity contribution is 6.89. The lowest BCUT2D eigenvalue weighted by Gasteiger charge is -2.20. The molecule has 3 heteroatoms. The third-order valence-corrected chi connectivity index (χ3v) is 3.84. The quantitative estimate of drug-likeness (QED) is 0.743. The first-order valence-corrected chi connectivity index (χ1v) is 6.85. The summed E-state index contributed by atoms with van der Waals surface area (Å²) in [7, 11) is 0. The smallest absolute Gasteiger partial charge is 0.0849 e. The zero-order valence-corrected chi connectivity index (χ0v) is 12.0. The summed E-state index contributed by atoms with van der Waals surface area (Å²) in [4.78, 5) is 0. The molecule has 0 saturated carbocycles. The summed E-state index contributed by atoms with van der Waals surface area (Å²) >= 11 is 12.6. The summed E-state index contributed by atoms with van der Waals surface area (Å²) in [5, 5.41) is 1.60. The van der Waals surface area contributed by atoms with E-state index >= 15 is 0 Å². The lowest BCUT2D eigenvalue weighted by Crippen LogP contribution is -2.45. The van der Waals surface area contributed by atoms with Crippen LogP contribution in [0.4, 0.5) is 0 Å². The summed E-state index contributed by atoms with van der Waals surface area (Å²) in [5.41, 5.74) is 2.28. The van der Waals surface area contributed by atoms with Crippen LogP contribution in [-0.2, 0) is 0 Å². The Morgan fingerprint density at radius 2 is 1.17 bits per heavy atom. The van der Waals surface area contributed by atoms with E-state index in [9.17, 15) is 0 Å². The number of rotatable bonds is 3. The van der Waals surface area contributed by atoms with Crippen LogP contribution in [0.1, 0.15) is 13.8 Å². The van der Waals surface area contributed by atoms with Crippen molar-refractivity contribution >= 4 is 40.8 Å². The second-order valence-electron chi connectivity index (χ2n) is 4.76. The summed E-state index contributed by atoms with van der Waals surface area (Å²) in [6.07, 6.45) is 0. The van der Waals surface area contributed by atoms with Gasteiger partial charge in [-0.2, -0.15) is 0 Å². The van der Waals surface area contributed by atoms with Crippen molar-refractivity contribution in [2.45, 2.75) is 19.7 Å². The highest BCUT2D eigenvalue weighted by Gasteiger charge is 2.26. The lowest BCUT2D eigenvalue weighted by molar-refractivity contribution is 1.05. The van der Waals surface area contributed by atoms with Crippen LogP contribution < -0.4 is 10.9 Å². The molecule has 0 nitrogen and oxygen atoms in total. The standard InChI is InChI=1S/C15H15BCl2/c1-11(2)16(12-7-3-5-9-14(12)17)13-8-4-6-10-15(13)18/h3-11H,1-2H3. The van der Waals surface area contributed by atoms with E-state index in [1.54, 1.807) is 0 Å². The summed E-state index contributed by atoms with van der Waals surface area (Å²) in [6.45, 7) is 4.61. The summed E-state index contributed by atoms with van der Waals surface area (Å²) in [6, 6.07) is 16.0. The molecule has 0 unspecified atom stereocenters. The highest BCUT2D eigenvalue weighted by Crippen LogP contribution is 2.17. The molecule has 0 aliphatic heterocycles. The van der Waals surface area contributed by atoms with E-state index in [1.165, 1.54) is 0 Å². The third-order valence-electron chi connectivity index (χ3n) is 3.15. The van der Waals surface area contributed by atoms with Gasteiger partial charge in [0.1, 0.15) is 0 Å². The van der Waals surface area contributed by atoms with E-state index < -0.39 is 0 Å². The topological polar surface area (TPSA) is 0 Å². The monoisotopic (exact) mass is 276 g/mol. The van der Waals surface area contributed by atoms with Gasteiger partial charge in [-0.1, -0.05) is 90.2 Å². The fourth-order valence-corrected chi connectivity index (χ4v) is 2.85. The SMILES string of the molecule is CC(C)B(c1ccccc1Cl)c1ccccc1Cl. The van der Waals surface area contributed by atoms with E-state index in [-0.39, 0.29) is 6.71 Å². The Morgan fingerprint density at radius 3 is 1.50 bits per heavy atom. The van der Waals surface area contributed by atoms with E-state index in [0.29, 0.717) is 5.82 Å². The molecule has 0 bridgehead atoms. The molecule has 92 valence electrons. The molecule has 0 aromatic heterocycles. The van der Waals surface area contributed by atoms with Gasteiger partial charge in [0.15, 0.2) is 0 Å². The molecular weight excluding hydrogens is 262 g/mol. The van der Waals surface area contributed by atoms with Gasteiger partial charge >= 0.3 is 0 Å². The minimum atomic E-state index is 0.229. The summed E-state index contributed by atoms with van der Waals surface area (Å²) < 4.78 is 0. The van der Waals surface area contributed by atoms with E-state index in [0.717, 1.165) is 21.0 Å². The molecule has 0 N–H and O–H groups in total. The fourth-order valence-electron chi connectivity index (χ4n) is 2.34. The molecule has 0 saturated heterocycles. The largest absolute Gasteiger partial charge is 0.215 e. The van der Waals surface area contributed by atoms with Crippen molar-refractivity contribution < 1.29 is 0 Å². The van der Waals surface area contributed by atoms with E-state index in [1.807, 2.05) is 36.4 Å². The first-order valence-electron chi connectivity index (χ1n) is 6.10. The number of halogens is 2. The molecular formula is C15H15BCl2. The molecule has 2 aromatic rings. The van der Waals surface area contributed by atoms with Crippen molar-refractivity contribution in [3.05, 3.63) is 58.6 Å². The molecule has 0 amide bonds. The molecule has 2 rings (SSSR count). The van der Waals surface area contributed by atoms with E-state index in [4.69, 9.17) is 23.2 Å². The zero-order chi connectivity index (χ0) is 13.1. The van der Waals surface area contributed by atoms with Gasteiger partial charge in [-0.3, -0.25) is 0 Å². The van der Waals surface area contributed by atoms with Crippen molar-refractivity contribution in [2.75, 3.05) is 0 Å². The van der Waals surface area contributed by atoms with Crippen LogP contribution in [-0.4, -0.2) is 6.71 Å². The number of hydrogen-bond donors (Lipinski definition) is 0. The Morgan fingerprint density at radius 1 is 0.778 bits per heavy atom. The van der Waals surface area contributed by atoms with Crippen LogP contribution in [0.3, 0.4) is 0 Å². The molecule has 0 spiro atoms. The average Bonchev–Trinajstić information content (AvgIpc) is 2.34. The molecule has 0 aliphatic carbocycles. The average molecular weight is 277 g/mol. The second-order valence-corrected chi connectivity index (χ2v) is 5.58. The number of benzene rings is 2. The first kappa shape index (κ1) is 13.5. The minimum Gasteiger partial charge on any atom is -0.0849 e. The van der Waals surface area contributed by atoms with Gasteiger partial charge in [-0.15, -0.1) is 0 Å². The zero-order valence-electron chi connectivity index (χ0n) is 10.5. The van der Waals surface area contributed by atoms with Crippen molar-refractivity contribution in [2.24, 2.45) is 0 Å². The number of hydrogen-bond acceptors (Lipinski definition) is 0. The maximum absolute atomic E-state index is 6.32. The Labute approximate surface area is 119 Å². The predicted molar refractivity (Wildman–Crippen MR) is 83.0 cm³/mol. The van der Waals surface area contributed by atoms with Gasteiger partial charge in [0.25, 0.3) is 0 Å². The molecule has 0 radical (unpaired) electrons. The van der Waals surface area contributed by atoms with Crippen LogP contribution in [0.15, 0.2) is 48.5 Å². The maximum atomic E-state index is 6.32. The van der Waals surface area contributed by atoms with Crippen molar-refractivity contribution in [1.29, 1.82) is 0 Å². The van der Waals surface area contributed by atoms with Gasteiger partial charge in [-0.25, -0.2) is 0 Å². The molecule has 0 heterocycles. The lowest BCUT2D eigenvalue weighted by atomic mass is 9.34. The van der Waals surface area contributed by atoms with Gasteiger partial charge in [0, 0.05) is 10.0 Å². The Hall–Kier alpha value is -0.915. The third kappa shape index (κ3) is 2.73. The Balaban J connectivity index is 2.55. The van der Waals surface area contributed by atoms with Gasteiger partial charge in [0.05, 0.1) is 0 Å². The van der Waals surface area contributed by atoms with Crippen LogP contribution in [0.5, 0.6) is 0 Å². The molecule has 0 fully saturated rings. The van der Waals surface area contributed by atoms with Gasteiger partial charge < -0.3 is 0 Å². The van der Waals surface area contributed by atoms with Crippen LogP contribution in [0.2, 0.25) is 15.9 Å². The Bertz CT molecular complexity index is 492. The first-order chi connectivity index (χ1) is 8.61.